The van der Waals surface area contributed by atoms with Gasteiger partial charge in [-0.3, -0.25) is 4.79 Å². The highest BCUT2D eigenvalue weighted by Crippen LogP contribution is 2.23. The number of hydrogen-bond acceptors (Lipinski definition) is 3. The van der Waals surface area contributed by atoms with Gasteiger partial charge in [0, 0.05) is 18.2 Å². The Bertz CT molecular complexity index is 1100. The lowest BCUT2D eigenvalue weighted by molar-refractivity contribution is -0.683. The molecule has 0 unspecified atom stereocenters. The average molecular weight is 554 g/mol. The van der Waals surface area contributed by atoms with Gasteiger partial charge in [-0.2, -0.15) is 4.57 Å². The largest absolute Gasteiger partial charge is 0.491 e. The summed E-state index contributed by atoms with van der Waals surface area (Å²) in [7, 11) is 0. The molecule has 4 nitrogen and oxygen atoms in total. The molecule has 0 aliphatic rings. The molecule has 3 aromatic rings. The van der Waals surface area contributed by atoms with Crippen LogP contribution >= 0.6 is 11.3 Å². The van der Waals surface area contributed by atoms with Crippen molar-refractivity contribution in [3.8, 4) is 5.75 Å². The van der Waals surface area contributed by atoms with Crippen LogP contribution in [-0.2, 0) is 17.9 Å². The van der Waals surface area contributed by atoms with Crippen LogP contribution in [0.1, 0.15) is 102 Å². The Hall–Kier alpha value is -2.73. The van der Waals surface area contributed by atoms with Crippen LogP contribution in [0.2, 0.25) is 0 Å². The van der Waals surface area contributed by atoms with E-state index in [1.165, 1.54) is 70.3 Å². The lowest BCUT2D eigenvalue weighted by Gasteiger charge is -2.22. The fraction of sp³-hybridized carbons (Fsp3) is 0.515. The summed E-state index contributed by atoms with van der Waals surface area (Å²) in [4.78, 5) is 14.2. The number of benzene rings is 2. The van der Waals surface area contributed by atoms with Gasteiger partial charge in [-0.25, -0.2) is 4.39 Å². The van der Waals surface area contributed by atoms with E-state index >= 15 is 0 Å². The highest BCUT2D eigenvalue weighted by Gasteiger charge is 2.15. The molecule has 0 aliphatic heterocycles. The smallest absolute Gasteiger partial charge is 0.224 e. The summed E-state index contributed by atoms with van der Waals surface area (Å²) in [5, 5.41) is 2.03. The van der Waals surface area contributed by atoms with Crippen molar-refractivity contribution in [1.82, 2.24) is 0 Å². The summed E-state index contributed by atoms with van der Waals surface area (Å²) >= 11 is 1.64. The van der Waals surface area contributed by atoms with Gasteiger partial charge in [0.05, 0.1) is 18.5 Å². The number of hydrogen-bond donors (Lipinski definition) is 0. The highest BCUT2D eigenvalue weighted by molar-refractivity contribution is 7.07. The molecule has 212 valence electrons. The Labute approximate surface area is 238 Å². The van der Waals surface area contributed by atoms with Gasteiger partial charge < -0.3 is 9.64 Å². The normalized spacial score (nSPS) is 11.1. The number of aromatic nitrogens is 1. The zero-order valence-electron chi connectivity index (χ0n) is 23.9. The van der Waals surface area contributed by atoms with Crippen LogP contribution < -0.4 is 14.2 Å². The Morgan fingerprint density at radius 2 is 1.59 bits per heavy atom. The first-order chi connectivity index (χ1) is 19.1. The molecule has 39 heavy (non-hydrogen) atoms. The second-order valence-electron chi connectivity index (χ2n) is 10.5. The summed E-state index contributed by atoms with van der Waals surface area (Å²) in [6.07, 6.45) is 17.5. The fourth-order valence-electron chi connectivity index (χ4n) is 4.84. The average Bonchev–Trinajstić information content (AvgIpc) is 3.44. The van der Waals surface area contributed by atoms with Crippen LogP contribution in [0.3, 0.4) is 0 Å². The summed E-state index contributed by atoms with van der Waals surface area (Å²) < 4.78 is 22.6. The third-order valence-corrected chi connectivity index (χ3v) is 7.76. The van der Waals surface area contributed by atoms with Crippen LogP contribution in [0.25, 0.3) is 0 Å². The highest BCUT2D eigenvalue weighted by atomic mass is 32.1. The zero-order valence-corrected chi connectivity index (χ0v) is 24.7. The number of carbonyl (C=O) groups excluding carboxylic acids is 1. The maximum Gasteiger partial charge on any atom is 0.224 e. The third kappa shape index (κ3) is 11.5. The van der Waals surface area contributed by atoms with E-state index in [4.69, 9.17) is 4.74 Å². The van der Waals surface area contributed by atoms with E-state index in [2.05, 4.69) is 23.1 Å². The number of unbranched alkanes of at least 4 members (excludes halogenated alkanes) is 11. The molecule has 1 amide bonds. The minimum atomic E-state index is -0.377. The maximum absolute atomic E-state index is 14.8. The second-order valence-corrected chi connectivity index (χ2v) is 11.2. The van der Waals surface area contributed by atoms with Gasteiger partial charge in [0.2, 0.25) is 11.4 Å². The van der Waals surface area contributed by atoms with Crippen LogP contribution in [0.5, 0.6) is 5.75 Å². The fourth-order valence-corrected chi connectivity index (χ4v) is 5.44. The monoisotopic (exact) mass is 553 g/mol. The first-order valence-electron chi connectivity index (χ1n) is 14.8. The van der Waals surface area contributed by atoms with E-state index in [0.717, 1.165) is 36.2 Å². The number of ether oxygens (including phenoxy) is 1. The van der Waals surface area contributed by atoms with Gasteiger partial charge in [0.1, 0.15) is 0 Å². The van der Waals surface area contributed by atoms with Gasteiger partial charge in [0.15, 0.2) is 24.3 Å². The van der Waals surface area contributed by atoms with E-state index < -0.39 is 0 Å². The lowest BCUT2D eigenvalue weighted by atomic mass is 10.1. The van der Waals surface area contributed by atoms with Crippen LogP contribution in [0.15, 0.2) is 59.6 Å². The molecule has 0 atom stereocenters. The van der Waals surface area contributed by atoms with E-state index in [0.29, 0.717) is 13.2 Å². The molecule has 0 N–H and O–H groups in total. The maximum atomic E-state index is 14.8. The van der Waals surface area contributed by atoms with E-state index in [1.807, 2.05) is 35.8 Å². The molecule has 0 bridgehead atoms. The van der Waals surface area contributed by atoms with E-state index in [1.54, 1.807) is 29.2 Å². The minimum Gasteiger partial charge on any atom is -0.491 e. The van der Waals surface area contributed by atoms with Gasteiger partial charge in [0.25, 0.3) is 0 Å². The van der Waals surface area contributed by atoms with Crippen LogP contribution in [-0.4, -0.2) is 12.5 Å². The quantitative estimate of drug-likeness (QED) is 0.110. The topological polar surface area (TPSA) is 33.4 Å². The molecular weight excluding hydrogens is 507 g/mol. The van der Waals surface area contributed by atoms with E-state index in [-0.39, 0.29) is 17.5 Å². The molecule has 0 saturated carbocycles. The number of carbonyl (C=O) groups is 1. The lowest BCUT2D eigenvalue weighted by Crippen LogP contribution is -2.31. The number of amides is 1. The van der Waals surface area contributed by atoms with Crippen molar-refractivity contribution >= 4 is 22.9 Å². The molecule has 3 rings (SSSR count). The van der Waals surface area contributed by atoms with Crippen LogP contribution in [0, 0.1) is 5.82 Å². The van der Waals surface area contributed by atoms with Crippen molar-refractivity contribution in [3.63, 3.8) is 0 Å². The number of halogens is 1. The Balaban J connectivity index is 1.38. The van der Waals surface area contributed by atoms with Crippen molar-refractivity contribution in [1.29, 1.82) is 0 Å². The minimum absolute atomic E-state index is 0.0805. The van der Waals surface area contributed by atoms with Gasteiger partial charge in [-0.1, -0.05) is 107 Å². The number of rotatable bonds is 19. The molecule has 1 heterocycles. The molecule has 1 aromatic heterocycles. The van der Waals surface area contributed by atoms with Gasteiger partial charge in [-0.05, 0) is 36.2 Å². The molecule has 6 heteroatoms. The Morgan fingerprint density at radius 3 is 2.21 bits per heavy atom. The predicted molar refractivity (Wildman–Crippen MR) is 160 cm³/mol. The second kappa shape index (κ2) is 17.8. The molecule has 0 aliphatic carbocycles. The van der Waals surface area contributed by atoms with Crippen molar-refractivity contribution in [2.75, 3.05) is 11.5 Å². The standard InChI is InChI=1S/C33H46FN2O2S/c1-3-4-5-6-7-8-9-10-11-12-13-14-21-38-33-19-18-30(24-32(33)34)26-36(28(2)37)31-17-15-16-29(23-31)25-35-20-22-39-27-35/h15-20,22-24,27H,3-14,21,25-26H2,1-2H3/q+1. The summed E-state index contributed by atoms with van der Waals surface area (Å²) in [6, 6.07) is 13.0. The molecular formula is C33H46FN2O2S+. The molecule has 0 spiro atoms. The van der Waals surface area contributed by atoms with Crippen molar-refractivity contribution in [2.24, 2.45) is 0 Å². The van der Waals surface area contributed by atoms with Crippen molar-refractivity contribution in [3.05, 3.63) is 76.5 Å². The van der Waals surface area contributed by atoms with Crippen molar-refractivity contribution < 1.29 is 18.5 Å². The summed E-state index contributed by atoms with van der Waals surface area (Å²) in [5.74, 6) is -0.174. The number of thiazole rings is 1. The first-order valence-corrected chi connectivity index (χ1v) is 15.7. The third-order valence-electron chi connectivity index (χ3n) is 7.09. The van der Waals surface area contributed by atoms with Gasteiger partial charge >= 0.3 is 0 Å². The zero-order chi connectivity index (χ0) is 27.7. The first kappa shape index (κ1) is 30.8. The van der Waals surface area contributed by atoms with Crippen molar-refractivity contribution in [2.45, 2.75) is 104 Å². The number of anilines is 1. The molecule has 0 fully saturated rings. The SMILES string of the molecule is CCCCCCCCCCCCCCOc1ccc(CN(C(C)=O)c2cccc(C[n+]3ccsc3)c2)cc1F. The Kier molecular flexibility index (Phi) is 14.0. The summed E-state index contributed by atoms with van der Waals surface area (Å²) in [5.41, 5.74) is 4.70. The molecule has 2 aromatic carbocycles. The molecule has 0 radical (unpaired) electrons. The predicted octanol–water partition coefficient (Wildman–Crippen LogP) is 8.86. The Morgan fingerprint density at radius 1 is 0.897 bits per heavy atom. The summed E-state index contributed by atoms with van der Waals surface area (Å²) in [6.45, 7) is 5.38. The number of nitrogens with zero attached hydrogens (tertiary/aromatic N) is 2. The van der Waals surface area contributed by atoms with E-state index in [9.17, 15) is 9.18 Å². The van der Waals surface area contributed by atoms with Gasteiger partial charge in [-0.15, -0.1) is 0 Å². The van der Waals surface area contributed by atoms with Crippen LogP contribution in [0.4, 0.5) is 10.1 Å². The molecule has 0 saturated heterocycles.